The van der Waals surface area contributed by atoms with Crippen LogP contribution >= 0.6 is 0 Å². The van der Waals surface area contributed by atoms with E-state index in [0.717, 1.165) is 0 Å². The van der Waals surface area contributed by atoms with Crippen molar-refractivity contribution in [2.75, 3.05) is 0 Å². The van der Waals surface area contributed by atoms with Crippen molar-refractivity contribution in [2.45, 2.75) is 245 Å². The Morgan fingerprint density at radius 3 is 1.09 bits per heavy atom. The van der Waals surface area contributed by atoms with Crippen molar-refractivity contribution in [3.8, 4) is 0 Å². The van der Waals surface area contributed by atoms with Gasteiger partial charge >= 0.3 is 0 Å². The highest BCUT2D eigenvalue weighted by atomic mass is 15.1. The lowest BCUT2D eigenvalue weighted by atomic mass is 9.92. The largest absolute Gasteiger partial charge is 0.332 e. The van der Waals surface area contributed by atoms with E-state index in [1.807, 2.05) is 0 Å². The highest BCUT2D eigenvalue weighted by Crippen LogP contribution is 2.31. The van der Waals surface area contributed by atoms with Crippen molar-refractivity contribution in [3.05, 3.63) is 18.2 Å². The molecule has 1 aromatic heterocycles. The Morgan fingerprint density at radius 2 is 0.744 bits per heavy atom. The molecule has 0 N–H and O–H groups in total. The second kappa shape index (κ2) is 31.2. The van der Waals surface area contributed by atoms with Crippen LogP contribution in [0, 0.1) is 0 Å². The summed E-state index contributed by atoms with van der Waals surface area (Å²) in [6, 6.07) is 0.589. The van der Waals surface area contributed by atoms with Crippen molar-refractivity contribution in [1.29, 1.82) is 0 Å². The first-order valence-electron chi connectivity index (χ1n) is 20.3. The van der Waals surface area contributed by atoms with Crippen LogP contribution in [0.5, 0.6) is 0 Å². The molecular formula is C41H80N2. The molecule has 0 aliphatic carbocycles. The Labute approximate surface area is 272 Å². The summed E-state index contributed by atoms with van der Waals surface area (Å²) in [5, 5.41) is 0. The van der Waals surface area contributed by atoms with Crippen molar-refractivity contribution in [2.24, 2.45) is 0 Å². The van der Waals surface area contributed by atoms with Crippen LogP contribution in [0.3, 0.4) is 0 Å². The third-order valence-electron chi connectivity index (χ3n) is 10.1. The van der Waals surface area contributed by atoms with Crippen LogP contribution in [0.15, 0.2) is 12.4 Å². The van der Waals surface area contributed by atoms with E-state index in [1.165, 1.54) is 211 Å². The van der Waals surface area contributed by atoms with Gasteiger partial charge < -0.3 is 4.57 Å². The first-order chi connectivity index (χ1) is 21.2. The first kappa shape index (κ1) is 40.2. The van der Waals surface area contributed by atoms with Crippen LogP contribution in [0.1, 0.15) is 251 Å². The number of rotatable bonds is 34. The number of nitrogens with zero attached hydrogens (tertiary/aromatic N) is 2. The minimum absolute atomic E-state index is 0.589. The second-order valence-electron chi connectivity index (χ2n) is 14.3. The molecule has 1 rings (SSSR count). The molecule has 0 saturated heterocycles. The molecule has 254 valence electrons. The molecule has 2 nitrogen and oxygen atoms in total. The van der Waals surface area contributed by atoms with Crippen molar-refractivity contribution < 1.29 is 0 Å². The summed E-state index contributed by atoms with van der Waals surface area (Å²) in [4.78, 5) is 5.01. The molecule has 0 bridgehead atoms. The fourth-order valence-corrected chi connectivity index (χ4v) is 7.06. The summed E-state index contributed by atoms with van der Waals surface area (Å²) in [5.41, 5.74) is 0. The summed E-state index contributed by atoms with van der Waals surface area (Å²) >= 11 is 0. The maximum Gasteiger partial charge on any atom is 0.111 e. The van der Waals surface area contributed by atoms with E-state index in [-0.39, 0.29) is 0 Å². The van der Waals surface area contributed by atoms with E-state index >= 15 is 0 Å². The number of unbranched alkanes of at least 4 members (excludes halogenated alkanes) is 26. The quantitative estimate of drug-likeness (QED) is 0.0719. The molecule has 0 amide bonds. The van der Waals surface area contributed by atoms with Crippen LogP contribution in [-0.2, 0) is 0 Å². The van der Waals surface area contributed by atoms with E-state index in [9.17, 15) is 0 Å². The van der Waals surface area contributed by atoms with Gasteiger partial charge in [0, 0.05) is 24.4 Å². The second-order valence-corrected chi connectivity index (χ2v) is 14.3. The van der Waals surface area contributed by atoms with Gasteiger partial charge in [0.05, 0.1) is 0 Å². The molecule has 0 radical (unpaired) electrons. The van der Waals surface area contributed by atoms with Gasteiger partial charge in [-0.25, -0.2) is 4.98 Å². The predicted octanol–water partition coefficient (Wildman–Crippen LogP) is 15.1. The van der Waals surface area contributed by atoms with Crippen LogP contribution in [0.2, 0.25) is 0 Å². The Morgan fingerprint density at radius 1 is 0.442 bits per heavy atom. The van der Waals surface area contributed by atoms with Gasteiger partial charge in [-0.15, -0.1) is 0 Å². The van der Waals surface area contributed by atoms with E-state index in [0.29, 0.717) is 12.0 Å². The minimum atomic E-state index is 0.589. The Balaban J connectivity index is 2.35. The van der Waals surface area contributed by atoms with Gasteiger partial charge in [-0.1, -0.05) is 207 Å². The Kier molecular flexibility index (Phi) is 29.2. The zero-order chi connectivity index (χ0) is 31.1. The van der Waals surface area contributed by atoms with E-state index in [1.54, 1.807) is 0 Å². The average Bonchev–Trinajstić information content (AvgIpc) is 3.51. The SMILES string of the molecule is CCCCCCCCCCCCCCCCCC(CCCCCCCCC)c1nccn1C(C)CCCCCCCCC. The first-order valence-corrected chi connectivity index (χ1v) is 20.3. The lowest BCUT2D eigenvalue weighted by molar-refractivity contribution is 0.412. The number of hydrogen-bond acceptors (Lipinski definition) is 1. The van der Waals surface area contributed by atoms with Gasteiger partial charge in [0.2, 0.25) is 0 Å². The maximum atomic E-state index is 5.01. The van der Waals surface area contributed by atoms with Crippen molar-refractivity contribution >= 4 is 0 Å². The number of imidazole rings is 1. The molecule has 2 heteroatoms. The summed E-state index contributed by atoms with van der Waals surface area (Å²) in [6.45, 7) is 9.38. The summed E-state index contributed by atoms with van der Waals surface area (Å²) in [7, 11) is 0. The fraction of sp³-hybridized carbons (Fsp3) is 0.927. The molecule has 0 aliphatic heterocycles. The van der Waals surface area contributed by atoms with Crippen LogP contribution < -0.4 is 0 Å². The highest BCUT2D eigenvalue weighted by Gasteiger charge is 2.19. The molecule has 0 spiro atoms. The third kappa shape index (κ3) is 23.2. The molecule has 43 heavy (non-hydrogen) atoms. The minimum Gasteiger partial charge on any atom is -0.332 e. The number of hydrogen-bond donors (Lipinski definition) is 0. The zero-order valence-electron chi connectivity index (χ0n) is 30.3. The normalized spacial score (nSPS) is 13.1. The molecule has 0 fully saturated rings. The monoisotopic (exact) mass is 601 g/mol. The van der Waals surface area contributed by atoms with E-state index in [4.69, 9.17) is 4.98 Å². The van der Waals surface area contributed by atoms with Gasteiger partial charge in [0.15, 0.2) is 0 Å². The molecule has 2 atom stereocenters. The zero-order valence-corrected chi connectivity index (χ0v) is 30.3. The molecule has 2 unspecified atom stereocenters. The van der Waals surface area contributed by atoms with E-state index < -0.39 is 0 Å². The molecule has 1 heterocycles. The molecule has 0 aromatic carbocycles. The van der Waals surface area contributed by atoms with Crippen LogP contribution in [-0.4, -0.2) is 9.55 Å². The van der Waals surface area contributed by atoms with Gasteiger partial charge in [0.25, 0.3) is 0 Å². The highest BCUT2D eigenvalue weighted by molar-refractivity contribution is 5.02. The summed E-state index contributed by atoms with van der Waals surface area (Å²) in [6.07, 6.45) is 49.7. The fourth-order valence-electron chi connectivity index (χ4n) is 7.06. The smallest absolute Gasteiger partial charge is 0.111 e. The maximum absolute atomic E-state index is 5.01. The topological polar surface area (TPSA) is 17.8 Å². The van der Waals surface area contributed by atoms with Gasteiger partial charge in [-0.2, -0.15) is 0 Å². The predicted molar refractivity (Wildman–Crippen MR) is 194 cm³/mol. The molecule has 0 aliphatic rings. The lowest BCUT2D eigenvalue weighted by Gasteiger charge is -2.22. The van der Waals surface area contributed by atoms with Gasteiger partial charge in [-0.3, -0.25) is 0 Å². The van der Waals surface area contributed by atoms with Gasteiger partial charge in [0.1, 0.15) is 5.82 Å². The summed E-state index contributed by atoms with van der Waals surface area (Å²) < 4.78 is 2.58. The van der Waals surface area contributed by atoms with Gasteiger partial charge in [-0.05, 0) is 26.2 Å². The molecular weight excluding hydrogens is 520 g/mol. The standard InChI is InChI=1S/C41H80N2/c1-5-8-11-14-17-18-19-20-21-22-23-24-27-30-33-36-40(35-32-29-26-16-13-10-7-3)41-42-37-38-43(41)39(4)34-31-28-25-15-12-9-6-2/h37-40H,5-36H2,1-4H3. The van der Waals surface area contributed by atoms with Crippen molar-refractivity contribution in [1.82, 2.24) is 9.55 Å². The van der Waals surface area contributed by atoms with Crippen LogP contribution in [0.4, 0.5) is 0 Å². The average molecular weight is 601 g/mol. The lowest BCUT2D eigenvalue weighted by Crippen LogP contribution is -2.13. The summed E-state index contributed by atoms with van der Waals surface area (Å²) in [5.74, 6) is 2.07. The Bertz CT molecular complexity index is 664. The van der Waals surface area contributed by atoms with Crippen LogP contribution in [0.25, 0.3) is 0 Å². The molecule has 1 aromatic rings. The molecule has 0 saturated carbocycles. The van der Waals surface area contributed by atoms with Crippen molar-refractivity contribution in [3.63, 3.8) is 0 Å². The third-order valence-corrected chi connectivity index (χ3v) is 10.1. The van der Waals surface area contributed by atoms with E-state index in [2.05, 4.69) is 44.7 Å². The Hall–Kier alpha value is -0.790. The number of aromatic nitrogens is 2.